The summed E-state index contributed by atoms with van der Waals surface area (Å²) in [6.07, 6.45) is -0.154. The molecule has 2 unspecified atom stereocenters. The molecular weight excluding hydrogens is 366 g/mol. The highest BCUT2D eigenvalue weighted by Gasteiger charge is 2.33. The van der Waals surface area contributed by atoms with E-state index in [4.69, 9.17) is 9.15 Å². The number of nitrogens with zero attached hydrogens (tertiary/aromatic N) is 1. The van der Waals surface area contributed by atoms with Gasteiger partial charge in [0.15, 0.2) is 9.84 Å². The molecule has 0 bridgehead atoms. The zero-order valence-electron chi connectivity index (χ0n) is 15.8. The summed E-state index contributed by atoms with van der Waals surface area (Å²) < 4.78 is 35.1. The highest BCUT2D eigenvalue weighted by Crippen LogP contribution is 2.21. The number of rotatable bonds is 8. The van der Waals surface area contributed by atoms with E-state index in [-0.39, 0.29) is 24.2 Å². The van der Waals surface area contributed by atoms with Crippen molar-refractivity contribution in [3.05, 3.63) is 53.5 Å². The number of sulfone groups is 1. The molecule has 2 aromatic rings. The molecule has 3 rings (SSSR count). The molecule has 148 valence electrons. The molecule has 1 saturated heterocycles. The topological polar surface area (TPSA) is 80.0 Å². The number of hydrogen-bond acceptors (Lipinski definition) is 6. The molecule has 1 aliphatic heterocycles. The van der Waals surface area contributed by atoms with Gasteiger partial charge in [-0.1, -0.05) is 17.7 Å². The highest BCUT2D eigenvalue weighted by molar-refractivity contribution is 7.91. The average molecular weight is 394 g/mol. The molecule has 0 radical (unpaired) electrons. The van der Waals surface area contributed by atoms with Crippen LogP contribution in [0, 0.1) is 13.8 Å². The first-order valence-corrected chi connectivity index (χ1v) is 11.0. The first-order valence-electron chi connectivity index (χ1n) is 9.18. The van der Waals surface area contributed by atoms with Crippen molar-refractivity contribution in [2.45, 2.75) is 39.0 Å². The van der Waals surface area contributed by atoms with E-state index in [0.717, 1.165) is 17.1 Å². The maximum Gasteiger partial charge on any atom is 0.151 e. The van der Waals surface area contributed by atoms with Gasteiger partial charge in [0, 0.05) is 12.6 Å². The largest absolute Gasteiger partial charge is 0.491 e. The fraction of sp³-hybridized carbons (Fsp3) is 0.500. The Labute approximate surface area is 160 Å². The molecule has 0 saturated carbocycles. The fourth-order valence-electron chi connectivity index (χ4n) is 3.33. The first-order chi connectivity index (χ1) is 12.8. The van der Waals surface area contributed by atoms with E-state index in [0.29, 0.717) is 25.3 Å². The predicted octanol–water partition coefficient (Wildman–Crippen LogP) is 2.33. The summed E-state index contributed by atoms with van der Waals surface area (Å²) >= 11 is 0. The monoisotopic (exact) mass is 393 g/mol. The minimum atomic E-state index is -3.01. The smallest absolute Gasteiger partial charge is 0.151 e. The van der Waals surface area contributed by atoms with Gasteiger partial charge in [-0.25, -0.2) is 8.42 Å². The summed E-state index contributed by atoms with van der Waals surface area (Å²) in [6.45, 7) is 4.82. The third-order valence-electron chi connectivity index (χ3n) is 4.79. The van der Waals surface area contributed by atoms with Crippen LogP contribution in [0.25, 0.3) is 0 Å². The number of benzene rings is 1. The molecule has 1 aromatic carbocycles. The van der Waals surface area contributed by atoms with Gasteiger partial charge in [-0.3, -0.25) is 4.90 Å². The second-order valence-corrected chi connectivity index (χ2v) is 9.51. The van der Waals surface area contributed by atoms with Crippen LogP contribution in [0.3, 0.4) is 0 Å². The molecule has 2 atom stereocenters. The van der Waals surface area contributed by atoms with E-state index in [1.165, 1.54) is 0 Å². The predicted molar refractivity (Wildman–Crippen MR) is 104 cm³/mol. The lowest BCUT2D eigenvalue weighted by atomic mass is 10.2. The third kappa shape index (κ3) is 5.82. The summed E-state index contributed by atoms with van der Waals surface area (Å²) in [5.41, 5.74) is 1.14. The number of aryl methyl sites for hydroxylation is 2. The van der Waals surface area contributed by atoms with E-state index >= 15 is 0 Å². The van der Waals surface area contributed by atoms with E-state index in [1.807, 2.05) is 55.1 Å². The molecule has 1 aliphatic rings. The normalized spacial score (nSPS) is 20.1. The average Bonchev–Trinajstić information content (AvgIpc) is 3.18. The molecule has 7 heteroatoms. The Kier molecular flexibility index (Phi) is 6.24. The molecule has 1 fully saturated rings. The maximum atomic E-state index is 11.9. The fourth-order valence-corrected chi connectivity index (χ4v) is 5.09. The van der Waals surface area contributed by atoms with Crippen LogP contribution in [0.15, 0.2) is 40.8 Å². The minimum Gasteiger partial charge on any atom is -0.491 e. The Bertz CT molecular complexity index is 844. The summed E-state index contributed by atoms with van der Waals surface area (Å²) in [7, 11) is -3.01. The quantitative estimate of drug-likeness (QED) is 0.741. The number of ether oxygens (including phenoxy) is 1. The van der Waals surface area contributed by atoms with Crippen LogP contribution in [0.5, 0.6) is 5.75 Å². The Hall–Kier alpha value is -1.83. The summed E-state index contributed by atoms with van der Waals surface area (Å²) in [4.78, 5) is 1.99. The number of furan rings is 1. The van der Waals surface area contributed by atoms with Gasteiger partial charge < -0.3 is 14.3 Å². The van der Waals surface area contributed by atoms with Crippen molar-refractivity contribution in [1.29, 1.82) is 0 Å². The van der Waals surface area contributed by atoms with Crippen molar-refractivity contribution in [2.75, 3.05) is 24.7 Å². The van der Waals surface area contributed by atoms with Crippen molar-refractivity contribution in [1.82, 2.24) is 4.90 Å². The van der Waals surface area contributed by atoms with Crippen LogP contribution in [0.4, 0.5) is 0 Å². The van der Waals surface area contributed by atoms with Gasteiger partial charge in [-0.2, -0.15) is 0 Å². The third-order valence-corrected chi connectivity index (χ3v) is 6.54. The zero-order chi connectivity index (χ0) is 19.4. The minimum absolute atomic E-state index is 0.116. The molecule has 1 N–H and O–H groups in total. The lowest BCUT2D eigenvalue weighted by Crippen LogP contribution is -2.42. The molecule has 27 heavy (non-hydrogen) atoms. The Morgan fingerprint density at radius 3 is 2.56 bits per heavy atom. The summed E-state index contributed by atoms with van der Waals surface area (Å²) in [5.74, 6) is 2.60. The van der Waals surface area contributed by atoms with Gasteiger partial charge in [0.1, 0.15) is 30.0 Å². The lowest BCUT2D eigenvalue weighted by Gasteiger charge is -2.29. The SMILES string of the molecule is Cc1ccc(OCC(O)CN(Cc2ccc(C)o2)C2CCS(=O)(=O)C2)cc1. The second-order valence-electron chi connectivity index (χ2n) is 7.28. The zero-order valence-corrected chi connectivity index (χ0v) is 16.6. The molecule has 2 heterocycles. The van der Waals surface area contributed by atoms with E-state index < -0.39 is 15.9 Å². The molecule has 0 spiro atoms. The lowest BCUT2D eigenvalue weighted by molar-refractivity contribution is 0.0496. The summed E-state index contributed by atoms with van der Waals surface area (Å²) in [5, 5.41) is 10.5. The van der Waals surface area contributed by atoms with Crippen molar-refractivity contribution in [2.24, 2.45) is 0 Å². The molecular formula is C20H27NO5S. The highest BCUT2D eigenvalue weighted by atomic mass is 32.2. The number of aliphatic hydroxyl groups excluding tert-OH is 1. The van der Waals surface area contributed by atoms with Crippen molar-refractivity contribution in [3.8, 4) is 5.75 Å². The van der Waals surface area contributed by atoms with Crippen molar-refractivity contribution in [3.63, 3.8) is 0 Å². The van der Waals surface area contributed by atoms with Crippen LogP contribution in [-0.4, -0.2) is 55.2 Å². The molecule has 1 aromatic heterocycles. The number of hydrogen-bond donors (Lipinski definition) is 1. The standard InChI is InChI=1S/C20H27NO5S/c1-15-3-6-19(7-4-15)25-13-18(22)11-21(12-20-8-5-16(2)26-20)17-9-10-27(23,24)14-17/h3-8,17-18,22H,9-14H2,1-2H3. The van der Waals surface area contributed by atoms with Crippen LogP contribution >= 0.6 is 0 Å². The van der Waals surface area contributed by atoms with Gasteiger partial charge in [0.05, 0.1) is 18.1 Å². The summed E-state index contributed by atoms with van der Waals surface area (Å²) in [6, 6.07) is 11.3. The Morgan fingerprint density at radius 1 is 1.22 bits per heavy atom. The van der Waals surface area contributed by atoms with Crippen LogP contribution in [0.1, 0.15) is 23.5 Å². The van der Waals surface area contributed by atoms with E-state index in [2.05, 4.69) is 0 Å². The van der Waals surface area contributed by atoms with Crippen LogP contribution in [0.2, 0.25) is 0 Å². The van der Waals surface area contributed by atoms with Gasteiger partial charge >= 0.3 is 0 Å². The Morgan fingerprint density at radius 2 is 1.96 bits per heavy atom. The maximum absolute atomic E-state index is 11.9. The van der Waals surface area contributed by atoms with E-state index in [1.54, 1.807) is 0 Å². The van der Waals surface area contributed by atoms with Crippen LogP contribution < -0.4 is 4.74 Å². The molecule has 6 nitrogen and oxygen atoms in total. The van der Waals surface area contributed by atoms with Gasteiger partial charge in [0.25, 0.3) is 0 Å². The first kappa shape index (κ1) is 19.9. The number of aliphatic hydroxyl groups is 1. The van der Waals surface area contributed by atoms with E-state index in [9.17, 15) is 13.5 Å². The van der Waals surface area contributed by atoms with Gasteiger partial charge in [-0.15, -0.1) is 0 Å². The van der Waals surface area contributed by atoms with Crippen molar-refractivity contribution < 1.29 is 22.7 Å². The van der Waals surface area contributed by atoms with Crippen molar-refractivity contribution >= 4 is 9.84 Å². The Balaban J connectivity index is 1.61. The van der Waals surface area contributed by atoms with Gasteiger partial charge in [-0.05, 0) is 44.5 Å². The second kappa shape index (κ2) is 8.46. The molecule has 0 aliphatic carbocycles. The van der Waals surface area contributed by atoms with Crippen LogP contribution in [-0.2, 0) is 16.4 Å². The molecule has 0 amide bonds. The van der Waals surface area contributed by atoms with Gasteiger partial charge in [0.2, 0.25) is 0 Å².